The molecule has 0 spiro atoms. The first-order valence-corrected chi connectivity index (χ1v) is 10.1. The third kappa shape index (κ3) is 4.24. The first-order valence-electron chi connectivity index (χ1n) is 10.1. The van der Waals surface area contributed by atoms with Crippen molar-refractivity contribution in [1.29, 1.82) is 0 Å². The van der Waals surface area contributed by atoms with E-state index in [0.29, 0.717) is 13.0 Å². The van der Waals surface area contributed by atoms with E-state index in [1.807, 2.05) is 35.7 Å². The predicted molar refractivity (Wildman–Crippen MR) is 112 cm³/mol. The van der Waals surface area contributed by atoms with Crippen LogP contribution in [0, 0.1) is 5.82 Å². The van der Waals surface area contributed by atoms with Crippen molar-refractivity contribution in [2.75, 3.05) is 4.90 Å². The van der Waals surface area contributed by atoms with Crippen LogP contribution in [0.25, 0.3) is 0 Å². The number of halogens is 1. The normalized spacial score (nSPS) is 13.9. The van der Waals surface area contributed by atoms with Crippen molar-refractivity contribution in [3.05, 3.63) is 83.2 Å². The lowest BCUT2D eigenvalue weighted by Gasteiger charge is -2.25. The average Bonchev–Trinajstić information content (AvgIpc) is 3.34. The molecule has 2 aromatic carbocycles. The molecule has 0 radical (unpaired) electrons. The Kier molecular flexibility index (Phi) is 5.47. The summed E-state index contributed by atoms with van der Waals surface area (Å²) in [5, 5.41) is 0. The van der Waals surface area contributed by atoms with Gasteiger partial charge in [0.2, 0.25) is 5.91 Å². The zero-order valence-electron chi connectivity index (χ0n) is 16.9. The molecule has 150 valence electrons. The van der Waals surface area contributed by atoms with E-state index in [1.54, 1.807) is 18.3 Å². The van der Waals surface area contributed by atoms with Gasteiger partial charge in [-0.15, -0.1) is 0 Å². The summed E-state index contributed by atoms with van der Waals surface area (Å²) < 4.78 is 15.2. The van der Waals surface area contributed by atoms with Crippen LogP contribution in [-0.2, 0) is 31.2 Å². The molecular formula is C24H26FN3O. The molecule has 1 amide bonds. The van der Waals surface area contributed by atoms with Gasteiger partial charge in [-0.3, -0.25) is 4.79 Å². The molecule has 0 aliphatic heterocycles. The summed E-state index contributed by atoms with van der Waals surface area (Å²) in [6, 6.07) is 12.8. The molecule has 5 heteroatoms. The minimum absolute atomic E-state index is 0.00130. The quantitative estimate of drug-likeness (QED) is 0.607. The summed E-state index contributed by atoms with van der Waals surface area (Å²) in [5.41, 5.74) is 4.61. The first kappa shape index (κ1) is 19.4. The second-order valence-electron chi connectivity index (χ2n) is 7.90. The third-order valence-electron chi connectivity index (χ3n) is 5.84. The first-order chi connectivity index (χ1) is 14.0. The molecule has 4 rings (SSSR count). The van der Waals surface area contributed by atoms with E-state index in [4.69, 9.17) is 0 Å². The van der Waals surface area contributed by atoms with E-state index >= 15 is 0 Å². The molecule has 0 fully saturated rings. The number of hydrogen-bond donors (Lipinski definition) is 0. The molecule has 1 atom stereocenters. The number of nitrogens with zero attached hydrogens (tertiary/aromatic N) is 3. The number of rotatable bonds is 6. The minimum atomic E-state index is -0.262. The fourth-order valence-corrected chi connectivity index (χ4v) is 4.02. The van der Waals surface area contributed by atoms with Crippen molar-refractivity contribution in [3.63, 3.8) is 0 Å². The van der Waals surface area contributed by atoms with Crippen LogP contribution in [0.2, 0.25) is 0 Å². The van der Waals surface area contributed by atoms with Gasteiger partial charge < -0.3 is 9.47 Å². The van der Waals surface area contributed by atoms with Crippen molar-refractivity contribution < 1.29 is 9.18 Å². The third-order valence-corrected chi connectivity index (χ3v) is 5.84. The maximum atomic E-state index is 13.3. The summed E-state index contributed by atoms with van der Waals surface area (Å²) in [7, 11) is 1.94. The molecule has 1 aliphatic rings. The average molecular weight is 391 g/mol. The van der Waals surface area contributed by atoms with Crippen molar-refractivity contribution in [1.82, 2.24) is 9.55 Å². The monoisotopic (exact) mass is 391 g/mol. The van der Waals surface area contributed by atoms with Crippen LogP contribution in [0.3, 0.4) is 0 Å². The Morgan fingerprint density at radius 3 is 2.66 bits per heavy atom. The summed E-state index contributed by atoms with van der Waals surface area (Å²) in [5.74, 6) is 0.624. The van der Waals surface area contributed by atoms with Crippen LogP contribution in [0.1, 0.15) is 48.2 Å². The standard InChI is InChI=1S/C24H26FN3O/c1-17(18-6-9-21(25)10-7-18)14-24(29)28(16-23-26-12-13-27(23)2)22-11-8-19-4-3-5-20(19)15-22/h6-13,15,17H,3-5,14,16H2,1-2H3. The van der Waals surface area contributed by atoms with Crippen molar-refractivity contribution in [3.8, 4) is 0 Å². The lowest BCUT2D eigenvalue weighted by atomic mass is 9.97. The Bertz CT molecular complexity index is 1010. The van der Waals surface area contributed by atoms with Gasteiger partial charge in [-0.1, -0.05) is 25.1 Å². The second-order valence-corrected chi connectivity index (χ2v) is 7.90. The van der Waals surface area contributed by atoms with Crippen LogP contribution in [0.4, 0.5) is 10.1 Å². The van der Waals surface area contributed by atoms with Crippen LogP contribution in [0.5, 0.6) is 0 Å². The van der Waals surface area contributed by atoms with Gasteiger partial charge in [-0.25, -0.2) is 9.37 Å². The molecule has 0 saturated carbocycles. The lowest BCUT2D eigenvalue weighted by Crippen LogP contribution is -2.32. The van der Waals surface area contributed by atoms with Crippen molar-refractivity contribution in [2.45, 2.75) is 45.1 Å². The van der Waals surface area contributed by atoms with Crippen LogP contribution >= 0.6 is 0 Å². The van der Waals surface area contributed by atoms with Gasteiger partial charge in [-0.05, 0) is 66.1 Å². The van der Waals surface area contributed by atoms with E-state index in [9.17, 15) is 9.18 Å². The Labute approximate surface area is 171 Å². The topological polar surface area (TPSA) is 38.1 Å². The molecule has 0 saturated heterocycles. The maximum Gasteiger partial charge on any atom is 0.228 e. The largest absolute Gasteiger partial charge is 0.337 e. The summed E-state index contributed by atoms with van der Waals surface area (Å²) in [6.45, 7) is 2.43. The van der Waals surface area contributed by atoms with Crippen molar-refractivity contribution in [2.24, 2.45) is 7.05 Å². The Balaban J connectivity index is 1.59. The molecule has 0 N–H and O–H groups in total. The molecule has 0 bridgehead atoms. The van der Waals surface area contributed by atoms with Gasteiger partial charge in [0.25, 0.3) is 0 Å². The molecule has 29 heavy (non-hydrogen) atoms. The molecule has 3 aromatic rings. The molecule has 1 aromatic heterocycles. The highest BCUT2D eigenvalue weighted by atomic mass is 19.1. The summed E-state index contributed by atoms with van der Waals surface area (Å²) in [4.78, 5) is 19.6. The van der Waals surface area contributed by atoms with E-state index in [1.165, 1.54) is 29.7 Å². The molecular weight excluding hydrogens is 365 g/mol. The number of benzene rings is 2. The highest BCUT2D eigenvalue weighted by molar-refractivity contribution is 5.93. The zero-order chi connectivity index (χ0) is 20.4. The molecule has 1 heterocycles. The van der Waals surface area contributed by atoms with E-state index < -0.39 is 0 Å². The van der Waals surface area contributed by atoms with Gasteiger partial charge in [0.15, 0.2) is 0 Å². The number of hydrogen-bond acceptors (Lipinski definition) is 2. The number of anilines is 1. The number of fused-ring (bicyclic) bond motifs is 1. The van der Waals surface area contributed by atoms with Gasteiger partial charge in [0, 0.05) is 31.5 Å². The fraction of sp³-hybridized carbons (Fsp3) is 0.333. The van der Waals surface area contributed by atoms with Gasteiger partial charge >= 0.3 is 0 Å². The lowest BCUT2D eigenvalue weighted by molar-refractivity contribution is -0.119. The number of carbonyl (C=O) groups excluding carboxylic acids is 1. The Hall–Kier alpha value is -2.95. The summed E-state index contributed by atoms with van der Waals surface area (Å²) >= 11 is 0. The van der Waals surface area contributed by atoms with Gasteiger partial charge in [0.1, 0.15) is 11.6 Å². The number of imidazole rings is 1. The molecule has 4 nitrogen and oxygen atoms in total. The number of amides is 1. The van der Waals surface area contributed by atoms with Crippen LogP contribution in [-0.4, -0.2) is 15.5 Å². The SMILES string of the molecule is CC(CC(=O)N(Cc1nccn1C)c1ccc2c(c1)CCC2)c1ccc(F)cc1. The van der Waals surface area contributed by atoms with Crippen molar-refractivity contribution >= 4 is 11.6 Å². The molecule has 1 unspecified atom stereocenters. The smallest absolute Gasteiger partial charge is 0.228 e. The van der Waals surface area contributed by atoms with Crippen LogP contribution in [0.15, 0.2) is 54.9 Å². The summed E-state index contributed by atoms with van der Waals surface area (Å²) in [6.07, 6.45) is 7.36. The molecule has 1 aliphatic carbocycles. The minimum Gasteiger partial charge on any atom is -0.337 e. The number of carbonyl (C=O) groups is 1. The van der Waals surface area contributed by atoms with Crippen LogP contribution < -0.4 is 4.90 Å². The number of aromatic nitrogens is 2. The second kappa shape index (κ2) is 8.19. The van der Waals surface area contributed by atoms with E-state index in [0.717, 1.165) is 29.9 Å². The van der Waals surface area contributed by atoms with Gasteiger partial charge in [-0.2, -0.15) is 0 Å². The fourth-order valence-electron chi connectivity index (χ4n) is 4.02. The van der Waals surface area contributed by atoms with Gasteiger partial charge in [0.05, 0.1) is 6.54 Å². The van der Waals surface area contributed by atoms with E-state index in [2.05, 4.69) is 17.1 Å². The Morgan fingerprint density at radius 2 is 1.93 bits per heavy atom. The zero-order valence-corrected chi connectivity index (χ0v) is 16.9. The highest BCUT2D eigenvalue weighted by Gasteiger charge is 2.23. The highest BCUT2D eigenvalue weighted by Crippen LogP contribution is 2.29. The number of aryl methyl sites for hydroxylation is 3. The predicted octanol–water partition coefficient (Wildman–Crippen LogP) is 4.77. The maximum absolute atomic E-state index is 13.3. The Morgan fingerprint density at radius 1 is 1.17 bits per heavy atom. The van der Waals surface area contributed by atoms with E-state index in [-0.39, 0.29) is 17.6 Å².